The lowest BCUT2D eigenvalue weighted by Gasteiger charge is -2.07. The summed E-state index contributed by atoms with van der Waals surface area (Å²) in [5.74, 6) is -1.87. The van der Waals surface area contributed by atoms with Crippen LogP contribution in [0, 0.1) is 5.82 Å². The van der Waals surface area contributed by atoms with Crippen LogP contribution in [-0.2, 0) is 0 Å². The number of benzene rings is 1. The number of ether oxygens (including phenoxy) is 1. The molecule has 0 amide bonds. The van der Waals surface area contributed by atoms with Crippen LogP contribution in [0.4, 0.5) is 10.2 Å². The van der Waals surface area contributed by atoms with Crippen LogP contribution >= 0.6 is 23.2 Å². The highest BCUT2D eigenvalue weighted by Gasteiger charge is 2.18. The van der Waals surface area contributed by atoms with Gasteiger partial charge >= 0.3 is 12.0 Å². The van der Waals surface area contributed by atoms with Crippen molar-refractivity contribution in [2.45, 2.75) is 0 Å². The van der Waals surface area contributed by atoms with E-state index in [-0.39, 0.29) is 27.4 Å². The largest absolute Gasteiger partial charge is 0.387 e. The Balaban J connectivity index is 2.27. The van der Waals surface area contributed by atoms with Crippen molar-refractivity contribution >= 4 is 41.3 Å². The van der Waals surface area contributed by atoms with Gasteiger partial charge in [-0.25, -0.2) is 19.2 Å². The molecule has 1 aromatic carbocycles. The third kappa shape index (κ3) is 4.37. The van der Waals surface area contributed by atoms with Crippen LogP contribution in [0.15, 0.2) is 29.4 Å². The van der Waals surface area contributed by atoms with Gasteiger partial charge in [-0.1, -0.05) is 29.3 Å². The predicted molar refractivity (Wildman–Crippen MR) is 85.2 cm³/mol. The molecule has 0 N–H and O–H groups in total. The Morgan fingerprint density at radius 1 is 1.35 bits per heavy atom. The number of nitrogens with zero attached hydrogens (tertiary/aromatic N) is 4. The molecule has 0 aliphatic carbocycles. The summed E-state index contributed by atoms with van der Waals surface area (Å²) < 4.78 is 18.5. The molecule has 1 aromatic heterocycles. The summed E-state index contributed by atoms with van der Waals surface area (Å²) in [5, 5.41) is 0.242. The van der Waals surface area contributed by atoms with Crippen LogP contribution in [0.1, 0.15) is 10.4 Å². The van der Waals surface area contributed by atoms with E-state index < -0.39 is 11.8 Å². The van der Waals surface area contributed by atoms with Gasteiger partial charge in [-0.15, -0.1) is 0 Å². The monoisotopic (exact) mass is 356 g/mol. The minimum absolute atomic E-state index is 0.0258. The molecular weight excluding hydrogens is 346 g/mol. The molecule has 0 saturated heterocycles. The van der Waals surface area contributed by atoms with Gasteiger partial charge in [-0.05, 0) is 12.1 Å². The molecule has 6 nitrogen and oxygen atoms in total. The number of hydrogen-bond donors (Lipinski definition) is 0. The number of hydrogen-bond acceptors (Lipinski definition) is 5. The van der Waals surface area contributed by atoms with Gasteiger partial charge in [0, 0.05) is 14.1 Å². The molecule has 0 saturated carbocycles. The van der Waals surface area contributed by atoms with E-state index in [0.717, 1.165) is 6.20 Å². The zero-order valence-corrected chi connectivity index (χ0v) is 13.6. The normalized spacial score (nSPS) is 10.8. The summed E-state index contributed by atoms with van der Waals surface area (Å²) in [6.07, 6.45) is 2.20. The smallest absolute Gasteiger partial charge is 0.349 e. The van der Waals surface area contributed by atoms with E-state index in [0.29, 0.717) is 0 Å². The number of aliphatic imine (C=N–C) groups is 1. The van der Waals surface area contributed by atoms with Gasteiger partial charge in [0.1, 0.15) is 0 Å². The van der Waals surface area contributed by atoms with Crippen LogP contribution in [0.3, 0.4) is 0 Å². The van der Waals surface area contributed by atoms with Gasteiger partial charge in [-0.2, -0.15) is 4.98 Å². The predicted octanol–water partition coefficient (Wildman–Crippen LogP) is 3.36. The molecule has 0 radical (unpaired) electrons. The summed E-state index contributed by atoms with van der Waals surface area (Å²) in [6.45, 7) is 0. The summed E-state index contributed by atoms with van der Waals surface area (Å²) in [4.78, 5) is 24.8. The number of carbonyl (C=O) groups excluding carboxylic acids is 1. The standard InChI is InChI=1S/C14H11Cl2FN4O2/c1-21(2)7-19-12-10(17)6-18-14(20-12)23-13(22)11-8(15)4-3-5-9(11)16/h3-7H,1-2H3. The van der Waals surface area contributed by atoms with Crippen molar-refractivity contribution in [1.29, 1.82) is 0 Å². The highest BCUT2D eigenvalue weighted by Crippen LogP contribution is 2.25. The van der Waals surface area contributed by atoms with E-state index in [1.54, 1.807) is 25.1 Å². The molecule has 0 aliphatic heterocycles. The Morgan fingerprint density at radius 2 is 2.00 bits per heavy atom. The fourth-order valence-electron chi connectivity index (χ4n) is 1.48. The summed E-state index contributed by atoms with van der Waals surface area (Å²) in [7, 11) is 3.42. The van der Waals surface area contributed by atoms with E-state index >= 15 is 0 Å². The van der Waals surface area contributed by atoms with Crippen molar-refractivity contribution < 1.29 is 13.9 Å². The van der Waals surface area contributed by atoms with E-state index in [4.69, 9.17) is 27.9 Å². The first kappa shape index (κ1) is 17.1. The maximum atomic E-state index is 13.6. The lowest BCUT2D eigenvalue weighted by Crippen LogP contribution is -2.12. The summed E-state index contributed by atoms with van der Waals surface area (Å²) in [5.41, 5.74) is -0.0258. The number of rotatable bonds is 4. The van der Waals surface area contributed by atoms with E-state index in [2.05, 4.69) is 15.0 Å². The lowest BCUT2D eigenvalue weighted by molar-refractivity contribution is 0.0719. The van der Waals surface area contributed by atoms with Crippen molar-refractivity contribution in [3.05, 3.63) is 45.8 Å². The van der Waals surface area contributed by atoms with Gasteiger partial charge in [0.2, 0.25) is 0 Å². The average Bonchev–Trinajstić information content (AvgIpc) is 2.47. The van der Waals surface area contributed by atoms with Crippen LogP contribution in [0.5, 0.6) is 6.01 Å². The minimum Gasteiger partial charge on any atom is -0.387 e. The average molecular weight is 357 g/mol. The molecular formula is C14H11Cl2FN4O2. The van der Waals surface area contributed by atoms with E-state index in [1.165, 1.54) is 18.5 Å². The topological polar surface area (TPSA) is 67.7 Å². The zero-order valence-electron chi connectivity index (χ0n) is 12.1. The highest BCUT2D eigenvalue weighted by molar-refractivity contribution is 6.39. The van der Waals surface area contributed by atoms with Crippen molar-refractivity contribution in [2.24, 2.45) is 4.99 Å². The Bertz CT molecular complexity index is 748. The molecule has 23 heavy (non-hydrogen) atoms. The van der Waals surface area contributed by atoms with Gasteiger partial charge in [0.05, 0.1) is 28.1 Å². The molecule has 0 atom stereocenters. The number of aromatic nitrogens is 2. The van der Waals surface area contributed by atoms with Crippen molar-refractivity contribution in [2.75, 3.05) is 14.1 Å². The van der Waals surface area contributed by atoms with Crippen LogP contribution in [-0.4, -0.2) is 41.3 Å². The third-order valence-electron chi connectivity index (χ3n) is 2.47. The molecule has 0 spiro atoms. The third-order valence-corrected chi connectivity index (χ3v) is 3.10. The van der Waals surface area contributed by atoms with Crippen molar-refractivity contribution in [3.63, 3.8) is 0 Å². The molecule has 0 fully saturated rings. The molecule has 2 aromatic rings. The van der Waals surface area contributed by atoms with Crippen molar-refractivity contribution in [3.8, 4) is 6.01 Å². The second-order valence-corrected chi connectivity index (χ2v) is 5.33. The minimum atomic E-state index is -0.852. The van der Waals surface area contributed by atoms with Gasteiger partial charge < -0.3 is 9.64 Å². The summed E-state index contributed by atoms with van der Waals surface area (Å²) >= 11 is 11.8. The molecule has 9 heteroatoms. The first-order valence-corrected chi connectivity index (χ1v) is 7.03. The Hall–Kier alpha value is -2.25. The fourth-order valence-corrected chi connectivity index (χ4v) is 2.03. The second-order valence-electron chi connectivity index (χ2n) is 4.52. The summed E-state index contributed by atoms with van der Waals surface area (Å²) in [6, 6.07) is 4.20. The molecule has 0 aliphatic rings. The van der Waals surface area contributed by atoms with E-state index in [9.17, 15) is 9.18 Å². The van der Waals surface area contributed by atoms with Gasteiger partial charge in [0.15, 0.2) is 11.6 Å². The maximum absolute atomic E-state index is 13.6. The van der Waals surface area contributed by atoms with Gasteiger partial charge in [-0.3, -0.25) is 0 Å². The highest BCUT2D eigenvalue weighted by atomic mass is 35.5. The first-order chi connectivity index (χ1) is 10.9. The van der Waals surface area contributed by atoms with Crippen molar-refractivity contribution in [1.82, 2.24) is 14.9 Å². The molecule has 1 heterocycles. The van der Waals surface area contributed by atoms with Crippen LogP contribution in [0.2, 0.25) is 10.0 Å². The number of carbonyl (C=O) groups is 1. The molecule has 0 bridgehead atoms. The lowest BCUT2D eigenvalue weighted by atomic mass is 10.2. The number of halogens is 3. The van der Waals surface area contributed by atoms with Crippen LogP contribution in [0.25, 0.3) is 0 Å². The Morgan fingerprint density at radius 3 is 2.61 bits per heavy atom. The fraction of sp³-hybridized carbons (Fsp3) is 0.143. The zero-order chi connectivity index (χ0) is 17.0. The second kappa shape index (κ2) is 7.34. The first-order valence-electron chi connectivity index (χ1n) is 6.28. The molecule has 120 valence electrons. The quantitative estimate of drug-likeness (QED) is 0.477. The van der Waals surface area contributed by atoms with Gasteiger partial charge in [0.25, 0.3) is 0 Å². The van der Waals surface area contributed by atoms with E-state index in [1.807, 2.05) is 0 Å². The Labute approximate surface area is 141 Å². The number of esters is 1. The maximum Gasteiger partial charge on any atom is 0.349 e. The molecule has 2 rings (SSSR count). The molecule has 0 unspecified atom stereocenters. The Kier molecular flexibility index (Phi) is 5.46. The SMILES string of the molecule is CN(C)C=Nc1nc(OC(=O)c2c(Cl)cccc2Cl)ncc1F. The van der Waals surface area contributed by atoms with Crippen LogP contribution < -0.4 is 4.74 Å².